The van der Waals surface area contributed by atoms with Crippen molar-refractivity contribution < 1.29 is 9.59 Å². The zero-order chi connectivity index (χ0) is 16.2. The van der Waals surface area contributed by atoms with Crippen LogP contribution in [0.15, 0.2) is 36.0 Å². The Morgan fingerprint density at radius 2 is 2.13 bits per heavy atom. The van der Waals surface area contributed by atoms with Crippen LogP contribution in [0.2, 0.25) is 5.02 Å². The van der Waals surface area contributed by atoms with Gasteiger partial charge in [0.25, 0.3) is 11.7 Å². The molecule has 0 saturated carbocycles. The number of halogens is 1. The molecule has 0 spiro atoms. The van der Waals surface area contributed by atoms with Gasteiger partial charge in [-0.15, -0.1) is 0 Å². The normalized spacial score (nSPS) is 14.6. The van der Waals surface area contributed by atoms with Crippen molar-refractivity contribution in [3.8, 4) is 0 Å². The number of hydrogen-bond acceptors (Lipinski definition) is 2. The van der Waals surface area contributed by atoms with Gasteiger partial charge in [-0.05, 0) is 44.2 Å². The smallest absolute Gasteiger partial charge is 0.292 e. The van der Waals surface area contributed by atoms with Crippen molar-refractivity contribution in [1.82, 2.24) is 10.3 Å². The SMILES string of the molecule is O=C(NCCC1=CCCCC1)C(=O)c1c[nH]c2cc(Cl)ccc12. The number of rotatable bonds is 5. The van der Waals surface area contributed by atoms with Crippen LogP contribution in [0, 0.1) is 0 Å². The Bertz CT molecular complexity index is 776. The Kier molecular flexibility index (Phi) is 4.82. The lowest BCUT2D eigenvalue weighted by Crippen LogP contribution is -2.31. The van der Waals surface area contributed by atoms with Crippen molar-refractivity contribution in [2.45, 2.75) is 32.1 Å². The van der Waals surface area contributed by atoms with Crippen molar-refractivity contribution in [1.29, 1.82) is 0 Å². The lowest BCUT2D eigenvalue weighted by molar-refractivity contribution is -0.116. The van der Waals surface area contributed by atoms with E-state index in [0.29, 0.717) is 22.5 Å². The minimum atomic E-state index is -0.558. The molecule has 4 nitrogen and oxygen atoms in total. The molecule has 0 fully saturated rings. The van der Waals surface area contributed by atoms with Gasteiger partial charge in [0.05, 0.1) is 5.56 Å². The molecule has 0 radical (unpaired) electrons. The van der Waals surface area contributed by atoms with E-state index in [1.165, 1.54) is 18.4 Å². The van der Waals surface area contributed by atoms with Crippen molar-refractivity contribution in [3.05, 3.63) is 46.6 Å². The fraction of sp³-hybridized carbons (Fsp3) is 0.333. The first-order valence-corrected chi connectivity index (χ1v) is 8.30. The van der Waals surface area contributed by atoms with Gasteiger partial charge in [-0.2, -0.15) is 0 Å². The van der Waals surface area contributed by atoms with Gasteiger partial charge in [-0.1, -0.05) is 29.3 Å². The molecule has 1 aliphatic carbocycles. The van der Waals surface area contributed by atoms with Crippen LogP contribution >= 0.6 is 11.6 Å². The second-order valence-electron chi connectivity index (χ2n) is 5.84. The first-order valence-electron chi connectivity index (χ1n) is 7.92. The van der Waals surface area contributed by atoms with Gasteiger partial charge in [0.2, 0.25) is 0 Å². The number of H-pyrrole nitrogens is 1. The van der Waals surface area contributed by atoms with Crippen LogP contribution in [0.4, 0.5) is 0 Å². The van der Waals surface area contributed by atoms with E-state index in [1.807, 2.05) is 0 Å². The lowest BCUT2D eigenvalue weighted by atomic mass is 9.97. The molecular formula is C18H19ClN2O2. The molecule has 0 bridgehead atoms. The molecular weight excluding hydrogens is 312 g/mol. The predicted octanol–water partition coefficient (Wildman–Crippen LogP) is 4.01. The number of carbonyl (C=O) groups excluding carboxylic acids is 2. The fourth-order valence-corrected chi connectivity index (χ4v) is 3.13. The molecule has 5 heteroatoms. The quantitative estimate of drug-likeness (QED) is 0.494. The lowest BCUT2D eigenvalue weighted by Gasteiger charge is -2.12. The molecule has 1 heterocycles. The largest absolute Gasteiger partial charge is 0.360 e. The van der Waals surface area contributed by atoms with E-state index in [4.69, 9.17) is 11.6 Å². The number of aromatic nitrogens is 1. The standard InChI is InChI=1S/C18H19ClN2O2/c19-13-6-7-14-15(11-21-16(14)10-13)17(22)18(23)20-9-8-12-4-2-1-3-5-12/h4,6-7,10-11,21H,1-3,5,8-9H2,(H,20,23). The summed E-state index contributed by atoms with van der Waals surface area (Å²) in [6.07, 6.45) is 9.33. The van der Waals surface area contributed by atoms with Crippen LogP contribution < -0.4 is 5.32 Å². The predicted molar refractivity (Wildman–Crippen MR) is 91.8 cm³/mol. The highest BCUT2D eigenvalue weighted by atomic mass is 35.5. The Balaban J connectivity index is 1.62. The third-order valence-electron chi connectivity index (χ3n) is 4.21. The summed E-state index contributed by atoms with van der Waals surface area (Å²) >= 11 is 5.92. The molecule has 23 heavy (non-hydrogen) atoms. The van der Waals surface area contributed by atoms with Gasteiger partial charge in [-0.3, -0.25) is 9.59 Å². The minimum absolute atomic E-state index is 0.381. The van der Waals surface area contributed by atoms with E-state index in [-0.39, 0.29) is 0 Å². The zero-order valence-electron chi connectivity index (χ0n) is 12.8. The number of hydrogen-bond donors (Lipinski definition) is 2. The molecule has 0 atom stereocenters. The average molecular weight is 331 g/mol. The summed E-state index contributed by atoms with van der Waals surface area (Å²) in [6.45, 7) is 0.505. The summed E-state index contributed by atoms with van der Waals surface area (Å²) in [5.41, 5.74) is 2.51. The number of nitrogens with one attached hydrogen (secondary N) is 2. The molecule has 2 N–H and O–H groups in total. The second kappa shape index (κ2) is 7.01. The third-order valence-corrected chi connectivity index (χ3v) is 4.45. The number of aromatic amines is 1. The molecule has 2 aromatic rings. The van der Waals surface area contributed by atoms with E-state index in [9.17, 15) is 9.59 Å². The highest BCUT2D eigenvalue weighted by Crippen LogP contribution is 2.22. The van der Waals surface area contributed by atoms with E-state index >= 15 is 0 Å². The Morgan fingerprint density at radius 3 is 2.91 bits per heavy atom. The van der Waals surface area contributed by atoms with Crippen LogP contribution in [0.25, 0.3) is 10.9 Å². The maximum atomic E-state index is 12.3. The summed E-state index contributed by atoms with van der Waals surface area (Å²) in [6, 6.07) is 5.20. The van der Waals surface area contributed by atoms with Gasteiger partial charge < -0.3 is 10.3 Å². The fourth-order valence-electron chi connectivity index (χ4n) is 2.96. The first-order chi connectivity index (χ1) is 11.1. The molecule has 1 aromatic heterocycles. The van der Waals surface area contributed by atoms with Crippen LogP contribution in [0.3, 0.4) is 0 Å². The van der Waals surface area contributed by atoms with Crippen LogP contribution in [-0.2, 0) is 4.79 Å². The average Bonchev–Trinajstić information content (AvgIpc) is 2.98. The topological polar surface area (TPSA) is 62.0 Å². The number of Topliss-reactive ketones (excluding diaryl/α,β-unsaturated/α-hetero) is 1. The molecule has 1 amide bonds. The van der Waals surface area contributed by atoms with Crippen LogP contribution in [0.5, 0.6) is 0 Å². The summed E-state index contributed by atoms with van der Waals surface area (Å²) in [5, 5.41) is 4.02. The minimum Gasteiger partial charge on any atom is -0.360 e. The molecule has 1 aliphatic rings. The van der Waals surface area contributed by atoms with E-state index < -0.39 is 11.7 Å². The molecule has 0 aliphatic heterocycles. The van der Waals surface area contributed by atoms with Gasteiger partial charge in [0.1, 0.15) is 0 Å². The van der Waals surface area contributed by atoms with Crippen molar-refractivity contribution in [2.24, 2.45) is 0 Å². The Labute approximate surface area is 139 Å². The molecule has 0 saturated heterocycles. The first kappa shape index (κ1) is 15.8. The molecule has 1 aromatic carbocycles. The number of allylic oxidation sites excluding steroid dienone is 1. The number of benzene rings is 1. The summed E-state index contributed by atoms with van der Waals surface area (Å²) in [7, 11) is 0. The monoisotopic (exact) mass is 330 g/mol. The van der Waals surface area contributed by atoms with Gasteiger partial charge in [-0.25, -0.2) is 0 Å². The highest BCUT2D eigenvalue weighted by molar-refractivity contribution is 6.45. The van der Waals surface area contributed by atoms with Crippen molar-refractivity contribution >= 4 is 34.2 Å². The molecule has 3 rings (SSSR count). The second-order valence-corrected chi connectivity index (χ2v) is 6.27. The number of fused-ring (bicyclic) bond motifs is 1. The van der Waals surface area contributed by atoms with E-state index in [0.717, 1.165) is 24.8 Å². The van der Waals surface area contributed by atoms with Gasteiger partial charge >= 0.3 is 0 Å². The molecule has 0 unspecified atom stereocenters. The van der Waals surface area contributed by atoms with E-state index in [1.54, 1.807) is 24.4 Å². The van der Waals surface area contributed by atoms with Gasteiger partial charge in [0, 0.05) is 28.7 Å². The Morgan fingerprint density at radius 1 is 1.26 bits per heavy atom. The Hall–Kier alpha value is -2.07. The van der Waals surface area contributed by atoms with Gasteiger partial charge in [0.15, 0.2) is 0 Å². The van der Waals surface area contributed by atoms with Crippen molar-refractivity contribution in [3.63, 3.8) is 0 Å². The maximum absolute atomic E-state index is 12.3. The molecule has 120 valence electrons. The van der Waals surface area contributed by atoms with Crippen LogP contribution in [-0.4, -0.2) is 23.2 Å². The number of amides is 1. The summed E-state index contributed by atoms with van der Waals surface area (Å²) in [5.74, 6) is -1.08. The summed E-state index contributed by atoms with van der Waals surface area (Å²) in [4.78, 5) is 27.4. The third kappa shape index (κ3) is 3.64. The van der Waals surface area contributed by atoms with Crippen molar-refractivity contribution in [2.75, 3.05) is 6.54 Å². The highest BCUT2D eigenvalue weighted by Gasteiger charge is 2.19. The van der Waals surface area contributed by atoms with Crippen LogP contribution in [0.1, 0.15) is 42.5 Å². The number of ketones is 1. The van der Waals surface area contributed by atoms with E-state index in [2.05, 4.69) is 16.4 Å². The maximum Gasteiger partial charge on any atom is 0.292 e. The summed E-state index contributed by atoms with van der Waals surface area (Å²) < 4.78 is 0. The number of carbonyl (C=O) groups is 2. The zero-order valence-corrected chi connectivity index (χ0v) is 13.6.